The molecule has 0 bridgehead atoms. The summed E-state index contributed by atoms with van der Waals surface area (Å²) in [4.78, 5) is 0. The Morgan fingerprint density at radius 2 is 1.87 bits per heavy atom. The molecule has 0 saturated carbocycles. The molecule has 0 heterocycles. The summed E-state index contributed by atoms with van der Waals surface area (Å²) in [6.45, 7) is 2.67. The molecule has 0 atom stereocenters. The summed E-state index contributed by atoms with van der Waals surface area (Å²) in [7, 11) is -4.83. The van der Waals surface area contributed by atoms with Gasteiger partial charge in [0, 0.05) is 13.1 Å². The Kier molecular flexibility index (Phi) is 5.92. The zero-order valence-electron chi connectivity index (χ0n) is 8.01. The topological polar surface area (TPSA) is 76.1 Å². The fraction of sp³-hybridized carbons (Fsp3) is 1.00. The van der Waals surface area contributed by atoms with Crippen molar-refractivity contribution in [2.75, 3.05) is 13.1 Å². The molecular weight excluding hydrogens is 256 g/mol. The molecule has 0 aliphatic heterocycles. The van der Waals surface area contributed by atoms with Gasteiger partial charge in [0.05, 0.1) is 0 Å². The van der Waals surface area contributed by atoms with Crippen LogP contribution in [0.2, 0.25) is 0 Å². The SMILES string of the molecule is CCN(CC)S(=O)(=O)C(F)(F)SOOO. The van der Waals surface area contributed by atoms with Crippen LogP contribution >= 0.6 is 12.0 Å². The van der Waals surface area contributed by atoms with Gasteiger partial charge in [0.2, 0.25) is 0 Å². The fourth-order valence-corrected chi connectivity index (χ4v) is 2.65. The highest BCUT2D eigenvalue weighted by Crippen LogP contribution is 2.37. The van der Waals surface area contributed by atoms with E-state index in [-0.39, 0.29) is 13.1 Å². The third kappa shape index (κ3) is 3.50. The van der Waals surface area contributed by atoms with Crippen LogP contribution in [0, 0.1) is 0 Å². The number of alkyl halides is 2. The number of rotatable bonds is 7. The van der Waals surface area contributed by atoms with Gasteiger partial charge in [-0.2, -0.15) is 13.1 Å². The van der Waals surface area contributed by atoms with Gasteiger partial charge in [0.25, 0.3) is 10.0 Å². The Morgan fingerprint density at radius 3 is 2.20 bits per heavy atom. The van der Waals surface area contributed by atoms with Crippen LogP contribution in [0.3, 0.4) is 0 Å². The van der Waals surface area contributed by atoms with Gasteiger partial charge in [-0.15, -0.1) is 4.33 Å². The van der Waals surface area contributed by atoms with E-state index in [0.717, 1.165) is 0 Å². The van der Waals surface area contributed by atoms with E-state index in [1.54, 1.807) is 0 Å². The number of sulfonamides is 1. The number of halogens is 2. The molecule has 0 rings (SSSR count). The molecule has 0 aromatic rings. The summed E-state index contributed by atoms with van der Waals surface area (Å²) in [5.74, 6) is 0. The quantitative estimate of drug-likeness (QED) is 0.425. The van der Waals surface area contributed by atoms with Crippen LogP contribution in [-0.4, -0.2) is 35.7 Å². The van der Waals surface area contributed by atoms with Crippen molar-refractivity contribution in [2.45, 2.75) is 18.4 Å². The second kappa shape index (κ2) is 5.92. The molecule has 0 fully saturated rings. The lowest BCUT2D eigenvalue weighted by Gasteiger charge is -2.22. The molecular formula is C5H11F2NO5S2. The smallest absolute Gasteiger partial charge is 0.220 e. The van der Waals surface area contributed by atoms with Crippen molar-refractivity contribution >= 4 is 22.1 Å². The Bertz CT molecular complexity index is 279. The van der Waals surface area contributed by atoms with Crippen molar-refractivity contribution in [1.82, 2.24) is 4.31 Å². The number of hydrogen-bond acceptors (Lipinski definition) is 6. The predicted molar refractivity (Wildman–Crippen MR) is 49.2 cm³/mol. The van der Waals surface area contributed by atoms with Crippen molar-refractivity contribution in [3.05, 3.63) is 0 Å². The molecule has 0 saturated heterocycles. The second-order valence-electron chi connectivity index (χ2n) is 2.28. The molecule has 6 nitrogen and oxygen atoms in total. The van der Waals surface area contributed by atoms with Crippen molar-refractivity contribution in [2.24, 2.45) is 0 Å². The van der Waals surface area contributed by atoms with Crippen molar-refractivity contribution in [1.29, 1.82) is 0 Å². The summed E-state index contributed by atoms with van der Waals surface area (Å²) in [6, 6.07) is 0. The van der Waals surface area contributed by atoms with Crippen molar-refractivity contribution in [3.8, 4) is 0 Å². The molecule has 0 aliphatic carbocycles. The molecule has 15 heavy (non-hydrogen) atoms. The largest absolute Gasteiger partial charge is 0.433 e. The van der Waals surface area contributed by atoms with Gasteiger partial charge in [-0.1, -0.05) is 18.9 Å². The molecule has 0 radical (unpaired) electrons. The predicted octanol–water partition coefficient (Wildman–Crippen LogP) is 1.28. The Labute approximate surface area is 90.3 Å². The third-order valence-electron chi connectivity index (χ3n) is 1.51. The summed E-state index contributed by atoms with van der Waals surface area (Å²) in [5.41, 5.74) is 0. The maximum atomic E-state index is 13.0. The van der Waals surface area contributed by atoms with Crippen LogP contribution in [0.4, 0.5) is 8.78 Å². The molecule has 10 heteroatoms. The van der Waals surface area contributed by atoms with Crippen molar-refractivity contribution in [3.63, 3.8) is 0 Å². The van der Waals surface area contributed by atoms with E-state index in [2.05, 4.69) is 9.37 Å². The monoisotopic (exact) mass is 267 g/mol. The maximum absolute atomic E-state index is 13.0. The van der Waals surface area contributed by atoms with E-state index in [4.69, 9.17) is 5.26 Å². The second-order valence-corrected chi connectivity index (χ2v) is 5.33. The van der Waals surface area contributed by atoms with Crippen LogP contribution in [0.1, 0.15) is 13.8 Å². The first-order valence-electron chi connectivity index (χ1n) is 3.86. The lowest BCUT2D eigenvalue weighted by molar-refractivity contribution is -0.433. The highest BCUT2D eigenvalue weighted by atomic mass is 32.3. The van der Waals surface area contributed by atoms with Crippen LogP contribution in [0.15, 0.2) is 0 Å². The maximum Gasteiger partial charge on any atom is 0.433 e. The minimum absolute atomic E-state index is 0.0883. The summed E-state index contributed by atoms with van der Waals surface area (Å²) >= 11 is -0.790. The molecule has 1 N–H and O–H groups in total. The van der Waals surface area contributed by atoms with E-state index in [9.17, 15) is 17.2 Å². The van der Waals surface area contributed by atoms with Crippen LogP contribution in [-0.2, 0) is 19.4 Å². The minimum atomic E-state index is -4.83. The summed E-state index contributed by atoms with van der Waals surface area (Å²) in [5, 5.41) is 10.6. The highest BCUT2D eigenvalue weighted by molar-refractivity contribution is 8.10. The van der Waals surface area contributed by atoms with E-state index in [1.165, 1.54) is 13.8 Å². The first-order valence-corrected chi connectivity index (χ1v) is 6.05. The Morgan fingerprint density at radius 1 is 1.40 bits per heavy atom. The average molecular weight is 267 g/mol. The van der Waals surface area contributed by atoms with Crippen LogP contribution < -0.4 is 0 Å². The third-order valence-corrected chi connectivity index (χ3v) is 4.46. The van der Waals surface area contributed by atoms with Gasteiger partial charge in [-0.3, -0.25) is 0 Å². The zero-order chi connectivity index (χ0) is 12.1. The van der Waals surface area contributed by atoms with Crippen LogP contribution in [0.5, 0.6) is 0 Å². The van der Waals surface area contributed by atoms with Crippen molar-refractivity contribution < 1.29 is 31.8 Å². The van der Waals surface area contributed by atoms with E-state index >= 15 is 0 Å². The lowest BCUT2D eigenvalue weighted by atomic mass is 10.7. The van der Waals surface area contributed by atoms with Gasteiger partial charge >= 0.3 is 4.59 Å². The molecule has 0 amide bonds. The Balaban J connectivity index is 4.83. The molecule has 92 valence electrons. The van der Waals surface area contributed by atoms with E-state index in [1.807, 2.05) is 0 Å². The van der Waals surface area contributed by atoms with Gasteiger partial charge < -0.3 is 0 Å². The molecule has 0 aromatic carbocycles. The van der Waals surface area contributed by atoms with E-state index < -0.39 is 26.7 Å². The van der Waals surface area contributed by atoms with Gasteiger partial charge in [0.15, 0.2) is 0 Å². The number of hydrogen-bond donors (Lipinski definition) is 1. The lowest BCUT2D eigenvalue weighted by Crippen LogP contribution is -2.41. The Hall–Kier alpha value is -0.0000000000000000694. The summed E-state index contributed by atoms with van der Waals surface area (Å²) in [6.07, 6.45) is 0. The van der Waals surface area contributed by atoms with Gasteiger partial charge in [-0.05, 0) is 0 Å². The number of nitrogens with zero attached hydrogens (tertiary/aromatic N) is 1. The fourth-order valence-electron chi connectivity index (χ4n) is 0.812. The molecule has 0 unspecified atom stereocenters. The first kappa shape index (κ1) is 15.0. The minimum Gasteiger partial charge on any atom is -0.220 e. The average Bonchev–Trinajstić information content (AvgIpc) is 2.16. The van der Waals surface area contributed by atoms with Gasteiger partial charge in [-0.25, -0.2) is 13.7 Å². The normalized spacial score (nSPS) is 13.5. The first-order chi connectivity index (χ1) is 6.83. The zero-order valence-corrected chi connectivity index (χ0v) is 9.65. The molecule has 0 aliphatic rings. The molecule has 0 aromatic heterocycles. The summed E-state index contributed by atoms with van der Waals surface area (Å²) < 4.78 is 48.4. The van der Waals surface area contributed by atoms with E-state index in [0.29, 0.717) is 4.31 Å². The standard InChI is InChI=1S/C5H11F2NO5S2/c1-3-8(4-2)15(10,11)5(6,7)14-13-12-9/h9H,3-4H2,1-2H3. The molecule has 0 spiro atoms. The highest BCUT2D eigenvalue weighted by Gasteiger charge is 2.50. The van der Waals surface area contributed by atoms with Gasteiger partial charge in [0.1, 0.15) is 12.0 Å². The van der Waals surface area contributed by atoms with Crippen LogP contribution in [0.25, 0.3) is 0 Å².